The van der Waals surface area contributed by atoms with Gasteiger partial charge in [-0.25, -0.2) is 18.1 Å². The van der Waals surface area contributed by atoms with Gasteiger partial charge in [0.1, 0.15) is 17.5 Å². The van der Waals surface area contributed by atoms with Crippen molar-refractivity contribution in [3.05, 3.63) is 137 Å². The molecule has 2 amide bonds. The Labute approximate surface area is 238 Å². The van der Waals surface area contributed by atoms with Crippen molar-refractivity contribution in [3.8, 4) is 0 Å². The van der Waals surface area contributed by atoms with Crippen LogP contribution >= 0.6 is 15.2 Å². The number of benzene rings is 4. The monoisotopic (exact) mass is 585 g/mol. The summed E-state index contributed by atoms with van der Waals surface area (Å²) in [7, 11) is -2.26. The Kier molecular flexibility index (Phi) is 6.26. The number of fused-ring (bicyclic) bond motifs is 5. The summed E-state index contributed by atoms with van der Waals surface area (Å²) in [6, 6.07) is 27.7. The van der Waals surface area contributed by atoms with E-state index in [0.717, 1.165) is 33.7 Å². The number of para-hydroxylation sites is 1. The van der Waals surface area contributed by atoms with Gasteiger partial charge >= 0.3 is 0 Å². The largest absolute Gasteiger partial charge is 0.274 e. The molecule has 204 valence electrons. The normalized spacial score (nSPS) is 26.7. The minimum Gasteiger partial charge on any atom is -0.274 e. The van der Waals surface area contributed by atoms with Crippen molar-refractivity contribution in [2.75, 3.05) is 11.1 Å². The van der Waals surface area contributed by atoms with Crippen LogP contribution in [0.25, 0.3) is 10.9 Å². The van der Waals surface area contributed by atoms with Gasteiger partial charge in [-0.1, -0.05) is 69.1 Å². The minimum atomic E-state index is -1.23. The van der Waals surface area contributed by atoms with Crippen molar-refractivity contribution < 1.29 is 22.8 Å². The fourth-order valence-electron chi connectivity index (χ4n) is 6.90. The van der Waals surface area contributed by atoms with Gasteiger partial charge in [0, 0.05) is 0 Å². The van der Waals surface area contributed by atoms with E-state index in [1.165, 1.54) is 41.3 Å². The summed E-state index contributed by atoms with van der Waals surface area (Å²) in [5.74, 6) is -2.34. The molecule has 4 aromatic carbocycles. The molecule has 8 heteroatoms. The molecule has 0 N–H and O–H groups in total. The average molecular weight is 586 g/mol. The first-order valence-electron chi connectivity index (χ1n) is 13.4. The zero-order valence-electron chi connectivity index (χ0n) is 22.0. The van der Waals surface area contributed by atoms with E-state index in [1.54, 1.807) is 60.7 Å². The van der Waals surface area contributed by atoms with Gasteiger partial charge in [-0.3, -0.25) is 9.59 Å². The van der Waals surface area contributed by atoms with Crippen molar-refractivity contribution in [3.63, 3.8) is 0 Å². The van der Waals surface area contributed by atoms with Crippen molar-refractivity contribution in [2.45, 2.75) is 17.7 Å². The molecule has 3 heterocycles. The van der Waals surface area contributed by atoms with Crippen LogP contribution in [0.5, 0.6) is 0 Å². The summed E-state index contributed by atoms with van der Waals surface area (Å²) >= 11 is 0. The summed E-state index contributed by atoms with van der Waals surface area (Å²) < 4.78 is 42.6. The number of allylic oxidation sites excluding steroid dienone is 1. The van der Waals surface area contributed by atoms with Gasteiger partial charge < -0.3 is 0 Å². The molecule has 2 fully saturated rings. The maximum atomic E-state index is 14.5. The molecule has 2 bridgehead atoms. The van der Waals surface area contributed by atoms with Gasteiger partial charge in [-0.05, 0) is 89.9 Å². The number of imide groups is 1. The number of carbonyl (C=O) groups excluding carboxylic acids is 2. The van der Waals surface area contributed by atoms with Crippen molar-refractivity contribution in [1.29, 1.82) is 0 Å². The summed E-state index contributed by atoms with van der Waals surface area (Å²) in [5, 5.41) is 0.0348. The molecule has 0 aromatic heterocycles. The summed E-state index contributed by atoms with van der Waals surface area (Å²) in [5.41, 5.74) is 3.13. The Morgan fingerprint density at radius 2 is 1.24 bits per heavy atom. The first-order valence-corrected chi connectivity index (χ1v) is 17.0. The van der Waals surface area contributed by atoms with Crippen LogP contribution in [-0.4, -0.2) is 23.6 Å². The summed E-state index contributed by atoms with van der Waals surface area (Å²) in [6.07, 6.45) is 0.729. The summed E-state index contributed by atoms with van der Waals surface area (Å²) in [6.45, 7) is 2.08. The first kappa shape index (κ1) is 26.3. The molecule has 5 atom stereocenters. The lowest BCUT2D eigenvalue weighted by atomic mass is 9.74. The lowest BCUT2D eigenvalue weighted by molar-refractivity contribution is -0.122. The van der Waals surface area contributed by atoms with Gasteiger partial charge in [0.25, 0.3) is 0 Å². The number of nitrogens with zero attached hydrogens (tertiary/aromatic N) is 1. The predicted octanol–water partition coefficient (Wildman–Crippen LogP) is 8.35. The van der Waals surface area contributed by atoms with E-state index in [9.17, 15) is 22.8 Å². The molecule has 0 radical (unpaired) electrons. The van der Waals surface area contributed by atoms with Crippen LogP contribution < -0.4 is 4.90 Å². The third-order valence-electron chi connectivity index (χ3n) is 8.35. The maximum Gasteiger partial charge on any atom is 0.242 e. The third-order valence-corrected chi connectivity index (χ3v) is 17.7. The standard InChI is InChI=1S/C33H24F3NO2P2/c1-2-40-33(22-12-18-25(36)19-13-22)27(20-8-14-23(34)15-9-20)29(21-10-16-24(35)17-11-21)41(40)30-28(33)31(38)37(32(30)39)26-6-4-3-5-7-26/h3-19,28,30H,2H2,1H3/t28-,30+,33+,40?,41?/m0/s1. The second kappa shape index (κ2) is 9.76. The minimum absolute atomic E-state index is 0.222. The fourth-order valence-corrected chi connectivity index (χ4v) is 18.4. The Hall–Kier alpha value is -3.59. The zero-order chi connectivity index (χ0) is 28.5. The van der Waals surface area contributed by atoms with Crippen LogP contribution in [0, 0.1) is 23.4 Å². The number of carbonyl (C=O) groups is 2. The molecule has 3 aliphatic heterocycles. The number of hydrogen-bond acceptors (Lipinski definition) is 2. The van der Waals surface area contributed by atoms with Crippen molar-refractivity contribution in [2.24, 2.45) is 5.92 Å². The van der Waals surface area contributed by atoms with Gasteiger partial charge in [-0.2, -0.15) is 0 Å². The molecule has 0 spiro atoms. The maximum absolute atomic E-state index is 14.5. The van der Waals surface area contributed by atoms with Crippen LogP contribution in [0.4, 0.5) is 18.9 Å². The van der Waals surface area contributed by atoms with Crippen LogP contribution in [0.3, 0.4) is 0 Å². The smallest absolute Gasteiger partial charge is 0.242 e. The molecular formula is C33H24F3NO2P2. The molecule has 4 aromatic rings. The highest BCUT2D eigenvalue weighted by atomic mass is 32.1. The Morgan fingerprint density at radius 3 is 1.80 bits per heavy atom. The molecule has 2 unspecified atom stereocenters. The third kappa shape index (κ3) is 3.67. The molecule has 2 saturated heterocycles. The van der Waals surface area contributed by atoms with Gasteiger partial charge in [0.15, 0.2) is 0 Å². The number of anilines is 1. The molecule has 0 aliphatic carbocycles. The quantitative estimate of drug-likeness (QED) is 0.174. The van der Waals surface area contributed by atoms with E-state index in [4.69, 9.17) is 0 Å². The highest BCUT2D eigenvalue weighted by Gasteiger charge is 2.75. The molecule has 0 saturated carbocycles. The highest BCUT2D eigenvalue weighted by molar-refractivity contribution is 8.36. The fraction of sp³-hybridized carbons (Fsp3) is 0.152. The van der Waals surface area contributed by atoms with E-state index < -0.39 is 37.8 Å². The topological polar surface area (TPSA) is 37.4 Å². The Balaban J connectivity index is 1.58. The zero-order valence-corrected chi connectivity index (χ0v) is 23.8. The van der Waals surface area contributed by atoms with Gasteiger partial charge in [0.05, 0.1) is 22.4 Å². The van der Waals surface area contributed by atoms with Crippen molar-refractivity contribution >= 4 is 43.6 Å². The number of rotatable bonds is 5. The van der Waals surface area contributed by atoms with E-state index in [-0.39, 0.29) is 23.4 Å². The van der Waals surface area contributed by atoms with Crippen LogP contribution in [-0.2, 0) is 14.7 Å². The van der Waals surface area contributed by atoms with Crippen LogP contribution in [0.2, 0.25) is 0 Å². The van der Waals surface area contributed by atoms with Gasteiger partial charge in [0.2, 0.25) is 11.8 Å². The van der Waals surface area contributed by atoms with Crippen LogP contribution in [0.1, 0.15) is 23.6 Å². The lowest BCUT2D eigenvalue weighted by Gasteiger charge is -2.40. The molecular weight excluding hydrogens is 561 g/mol. The Morgan fingerprint density at radius 1 is 0.707 bits per heavy atom. The number of halogens is 3. The second-order valence-electron chi connectivity index (χ2n) is 10.3. The summed E-state index contributed by atoms with van der Waals surface area (Å²) in [4.78, 5) is 30.2. The second-order valence-corrected chi connectivity index (χ2v) is 16.9. The number of hydrogen-bond donors (Lipinski definition) is 0. The van der Waals surface area contributed by atoms with E-state index in [1.807, 2.05) is 6.07 Å². The molecule has 3 nitrogen and oxygen atoms in total. The predicted molar refractivity (Wildman–Crippen MR) is 158 cm³/mol. The average Bonchev–Trinajstić information content (AvgIpc) is 3.55. The van der Waals surface area contributed by atoms with Gasteiger partial charge in [-0.15, -0.1) is 0 Å². The molecule has 3 aliphatic rings. The Bertz CT molecular complexity index is 1710. The van der Waals surface area contributed by atoms with E-state index in [2.05, 4.69) is 6.92 Å². The first-order chi connectivity index (χ1) is 19.9. The highest BCUT2D eigenvalue weighted by Crippen LogP contribution is 3.00. The van der Waals surface area contributed by atoms with Crippen molar-refractivity contribution in [1.82, 2.24) is 0 Å². The SMILES string of the molecule is CCP1P2C(c3ccc(F)cc3)=C(c3ccc(F)cc3)[C@]1(c1ccc(F)cc1)[C@@H]1C(=O)N(c3ccccc3)C(=O)[C@@H]12. The van der Waals surface area contributed by atoms with E-state index in [0.29, 0.717) is 5.69 Å². The van der Waals surface area contributed by atoms with E-state index >= 15 is 0 Å². The lowest BCUT2D eigenvalue weighted by Crippen LogP contribution is -2.40. The molecule has 41 heavy (non-hydrogen) atoms. The number of amides is 2. The van der Waals surface area contributed by atoms with Crippen LogP contribution in [0.15, 0.2) is 103 Å². The molecule has 7 rings (SSSR count).